The number of hydrogen-bond donors (Lipinski definition) is 2. The molecular weight excluding hydrogens is 377 g/mol. The molecule has 4 rings (SSSR count). The first kappa shape index (κ1) is 17.9. The van der Waals surface area contributed by atoms with E-state index < -0.39 is 0 Å². The summed E-state index contributed by atoms with van der Waals surface area (Å²) in [6.07, 6.45) is 1.04. The molecule has 136 valence electrons. The van der Waals surface area contributed by atoms with Crippen LogP contribution in [0.4, 0.5) is 17.1 Å². The monoisotopic (exact) mass is 395 g/mol. The Morgan fingerprint density at radius 1 is 0.778 bits per heavy atom. The molecule has 1 heterocycles. The number of benzene rings is 3. The first-order chi connectivity index (χ1) is 13.1. The molecule has 0 saturated heterocycles. The molecule has 0 fully saturated rings. The zero-order valence-electron chi connectivity index (χ0n) is 14.9. The van der Waals surface area contributed by atoms with Crippen LogP contribution in [0.5, 0.6) is 0 Å². The molecule has 0 spiro atoms. The summed E-state index contributed by atoms with van der Waals surface area (Å²) in [5.41, 5.74) is 4.93. The van der Waals surface area contributed by atoms with Crippen molar-refractivity contribution in [3.8, 4) is 0 Å². The van der Waals surface area contributed by atoms with E-state index in [9.17, 15) is 0 Å². The molecule has 0 aliphatic rings. The Morgan fingerprint density at radius 3 is 2.15 bits per heavy atom. The Balaban J connectivity index is 1.84. The fourth-order valence-corrected chi connectivity index (χ4v) is 3.43. The van der Waals surface area contributed by atoms with Crippen LogP contribution >= 0.6 is 23.2 Å². The molecule has 3 nitrogen and oxygen atoms in total. The molecule has 0 aliphatic carbocycles. The Bertz CT molecular complexity index is 1110. The van der Waals surface area contributed by atoms with Gasteiger partial charge in [-0.2, -0.15) is 0 Å². The van der Waals surface area contributed by atoms with E-state index in [2.05, 4.69) is 23.6 Å². The molecule has 5 heteroatoms. The van der Waals surface area contributed by atoms with Crippen LogP contribution in [0.15, 0.2) is 60.7 Å². The van der Waals surface area contributed by atoms with Gasteiger partial charge in [0.1, 0.15) is 0 Å². The van der Waals surface area contributed by atoms with Gasteiger partial charge in [0, 0.05) is 38.7 Å². The first-order valence-corrected chi connectivity index (χ1v) is 9.69. The van der Waals surface area contributed by atoms with Crippen molar-refractivity contribution in [2.45, 2.75) is 13.3 Å². The summed E-state index contributed by atoms with van der Waals surface area (Å²) in [5, 5.41) is 10.5. The van der Waals surface area contributed by atoms with Gasteiger partial charge in [0.05, 0.1) is 16.7 Å². The number of nitrogens with zero attached hydrogens (tertiary/aromatic N) is 1. The molecule has 3 aromatic carbocycles. The summed E-state index contributed by atoms with van der Waals surface area (Å²) in [7, 11) is 0. The highest BCUT2D eigenvalue weighted by Crippen LogP contribution is 2.34. The molecule has 0 radical (unpaired) electrons. The third-order valence-corrected chi connectivity index (χ3v) is 4.91. The number of hydrogen-bond acceptors (Lipinski definition) is 3. The lowest BCUT2D eigenvalue weighted by molar-refractivity contribution is 0.983. The minimum atomic E-state index is 0.707. The van der Waals surface area contributed by atoms with Gasteiger partial charge in [-0.05, 0) is 67.1 Å². The van der Waals surface area contributed by atoms with Gasteiger partial charge in [-0.15, -0.1) is 0 Å². The van der Waals surface area contributed by atoms with Gasteiger partial charge in [0.2, 0.25) is 0 Å². The number of halogens is 2. The quantitative estimate of drug-likeness (QED) is 0.349. The van der Waals surface area contributed by atoms with E-state index in [1.54, 1.807) is 0 Å². The van der Waals surface area contributed by atoms with E-state index in [4.69, 9.17) is 28.2 Å². The van der Waals surface area contributed by atoms with E-state index >= 15 is 0 Å². The van der Waals surface area contributed by atoms with Crippen molar-refractivity contribution in [1.29, 1.82) is 0 Å². The van der Waals surface area contributed by atoms with Gasteiger partial charge in [0.15, 0.2) is 0 Å². The Labute approximate surface area is 168 Å². The second-order valence-corrected chi connectivity index (χ2v) is 7.31. The minimum absolute atomic E-state index is 0.707. The molecule has 0 bridgehead atoms. The van der Waals surface area contributed by atoms with E-state index in [-0.39, 0.29) is 0 Å². The van der Waals surface area contributed by atoms with Crippen molar-refractivity contribution in [2.75, 3.05) is 17.2 Å². The highest BCUT2D eigenvalue weighted by atomic mass is 35.5. The minimum Gasteiger partial charge on any atom is -0.384 e. The van der Waals surface area contributed by atoms with Crippen molar-refractivity contribution in [2.24, 2.45) is 0 Å². The maximum Gasteiger partial charge on any atom is 0.0732 e. The summed E-state index contributed by atoms with van der Waals surface area (Å²) in [4.78, 5) is 4.80. The summed E-state index contributed by atoms with van der Waals surface area (Å²) in [5.74, 6) is 0. The molecular formula is C22H19Cl2N3. The summed E-state index contributed by atoms with van der Waals surface area (Å²) in [6.45, 7) is 3.04. The smallest absolute Gasteiger partial charge is 0.0732 e. The molecule has 0 unspecified atom stereocenters. The number of anilines is 3. The molecule has 0 amide bonds. The molecule has 27 heavy (non-hydrogen) atoms. The topological polar surface area (TPSA) is 37.0 Å². The predicted molar refractivity (Wildman–Crippen MR) is 118 cm³/mol. The van der Waals surface area contributed by atoms with Gasteiger partial charge < -0.3 is 10.6 Å². The van der Waals surface area contributed by atoms with Crippen LogP contribution in [0, 0.1) is 0 Å². The number of fused-ring (bicyclic) bond motifs is 2. The Kier molecular flexibility index (Phi) is 5.06. The van der Waals surface area contributed by atoms with E-state index in [1.165, 1.54) is 0 Å². The summed E-state index contributed by atoms with van der Waals surface area (Å²) in [6, 6.07) is 19.7. The summed E-state index contributed by atoms with van der Waals surface area (Å²) < 4.78 is 0. The van der Waals surface area contributed by atoms with Gasteiger partial charge in [-0.25, -0.2) is 4.98 Å². The number of nitrogens with one attached hydrogen (secondary N) is 2. The fourth-order valence-electron chi connectivity index (χ4n) is 3.13. The van der Waals surface area contributed by atoms with E-state index in [1.807, 2.05) is 54.6 Å². The third-order valence-electron chi connectivity index (χ3n) is 4.42. The van der Waals surface area contributed by atoms with Gasteiger partial charge in [0.25, 0.3) is 0 Å². The molecule has 1 aromatic heterocycles. The lowest BCUT2D eigenvalue weighted by Gasteiger charge is -2.15. The average Bonchev–Trinajstić information content (AvgIpc) is 2.67. The maximum atomic E-state index is 6.25. The highest BCUT2D eigenvalue weighted by Gasteiger charge is 2.10. The van der Waals surface area contributed by atoms with Crippen molar-refractivity contribution < 1.29 is 0 Å². The van der Waals surface area contributed by atoms with Crippen LogP contribution in [-0.2, 0) is 0 Å². The summed E-state index contributed by atoms with van der Waals surface area (Å²) >= 11 is 12.2. The zero-order valence-corrected chi connectivity index (χ0v) is 16.4. The normalized spacial score (nSPS) is 11.1. The van der Waals surface area contributed by atoms with E-state index in [0.29, 0.717) is 5.02 Å². The average molecular weight is 396 g/mol. The fraction of sp³-hybridized carbons (Fsp3) is 0.136. The predicted octanol–water partition coefficient (Wildman–Crippen LogP) is 7.26. The van der Waals surface area contributed by atoms with Crippen LogP contribution in [-0.4, -0.2) is 11.5 Å². The number of rotatable bonds is 5. The van der Waals surface area contributed by atoms with Crippen molar-refractivity contribution in [1.82, 2.24) is 4.98 Å². The van der Waals surface area contributed by atoms with Gasteiger partial charge in [-0.1, -0.05) is 30.1 Å². The van der Waals surface area contributed by atoms with Crippen LogP contribution in [0.3, 0.4) is 0 Å². The molecule has 0 atom stereocenters. The van der Waals surface area contributed by atoms with Gasteiger partial charge >= 0.3 is 0 Å². The van der Waals surface area contributed by atoms with Gasteiger partial charge in [-0.3, -0.25) is 0 Å². The molecule has 0 aliphatic heterocycles. The van der Waals surface area contributed by atoms with Crippen LogP contribution < -0.4 is 10.6 Å². The second kappa shape index (κ2) is 7.63. The zero-order chi connectivity index (χ0) is 18.8. The second-order valence-electron chi connectivity index (χ2n) is 6.44. The van der Waals surface area contributed by atoms with Crippen molar-refractivity contribution in [3.05, 3.63) is 70.7 Å². The number of pyridine rings is 1. The van der Waals surface area contributed by atoms with E-state index in [0.717, 1.165) is 56.9 Å². The molecule has 0 saturated carbocycles. The van der Waals surface area contributed by atoms with Crippen LogP contribution in [0.2, 0.25) is 10.0 Å². The lowest BCUT2D eigenvalue weighted by atomic mass is 10.1. The van der Waals surface area contributed by atoms with Crippen LogP contribution in [0.25, 0.3) is 21.8 Å². The van der Waals surface area contributed by atoms with Crippen molar-refractivity contribution in [3.63, 3.8) is 0 Å². The Morgan fingerprint density at radius 2 is 1.41 bits per heavy atom. The Hall–Kier alpha value is -2.49. The van der Waals surface area contributed by atoms with Crippen molar-refractivity contribution >= 4 is 62.1 Å². The SMILES string of the molecule is CCCNc1c2cc(Cl)ccc2nc2ccc(Nc3ccc(Cl)cc3)cc12. The molecule has 2 N–H and O–H groups in total. The largest absolute Gasteiger partial charge is 0.384 e. The third kappa shape index (κ3) is 3.80. The highest BCUT2D eigenvalue weighted by molar-refractivity contribution is 6.31. The first-order valence-electron chi connectivity index (χ1n) is 8.93. The maximum absolute atomic E-state index is 6.25. The molecule has 4 aromatic rings. The number of aromatic nitrogens is 1. The lowest BCUT2D eigenvalue weighted by Crippen LogP contribution is -2.02. The van der Waals surface area contributed by atoms with Crippen LogP contribution in [0.1, 0.15) is 13.3 Å². The standard InChI is InChI=1S/C22H19Cl2N3/c1-2-11-25-22-18-12-15(24)5-9-20(18)27-21-10-8-17(13-19(21)22)26-16-6-3-14(23)4-7-16/h3-10,12-13,26H,2,11H2,1H3,(H,25,27).